The molecule has 2 heterocycles. The standard InChI is InChI=1S/C24H23N3O2S/c1-3-16(2)27-23(29)20(22(28)25-24(27)30)13-18-15-26(14-17-9-5-4-6-10-17)21-12-8-7-11-19(18)21/h4-13,15-16H,3,14H2,1-2H3,(H,25,28,30)/b20-13-/t16-/m1/s1. The van der Waals surface area contributed by atoms with E-state index in [9.17, 15) is 9.59 Å². The fraction of sp³-hybridized carbons (Fsp3) is 0.208. The van der Waals surface area contributed by atoms with Crippen LogP contribution in [-0.4, -0.2) is 32.4 Å². The van der Waals surface area contributed by atoms with Crippen molar-refractivity contribution in [1.29, 1.82) is 0 Å². The molecular formula is C24H23N3O2S. The van der Waals surface area contributed by atoms with Crippen LogP contribution in [0.3, 0.4) is 0 Å². The second-order valence-corrected chi connectivity index (χ2v) is 7.85. The van der Waals surface area contributed by atoms with E-state index in [1.165, 1.54) is 10.5 Å². The fourth-order valence-corrected chi connectivity index (χ4v) is 4.07. The van der Waals surface area contributed by atoms with E-state index in [1.807, 2.05) is 62.5 Å². The molecule has 0 spiro atoms. The molecule has 5 nitrogen and oxygen atoms in total. The average Bonchev–Trinajstić information content (AvgIpc) is 3.09. The Morgan fingerprint density at radius 2 is 1.77 bits per heavy atom. The van der Waals surface area contributed by atoms with Gasteiger partial charge >= 0.3 is 0 Å². The number of hydrogen-bond donors (Lipinski definition) is 1. The van der Waals surface area contributed by atoms with Crippen LogP contribution in [0.4, 0.5) is 0 Å². The third-order valence-electron chi connectivity index (χ3n) is 5.48. The molecular weight excluding hydrogens is 394 g/mol. The maximum absolute atomic E-state index is 13.1. The molecule has 30 heavy (non-hydrogen) atoms. The third-order valence-corrected chi connectivity index (χ3v) is 5.78. The number of carbonyl (C=O) groups excluding carboxylic acids is 2. The third kappa shape index (κ3) is 3.66. The molecule has 2 aromatic carbocycles. The first-order valence-corrected chi connectivity index (χ1v) is 10.4. The van der Waals surface area contributed by atoms with E-state index in [0.717, 1.165) is 22.9 Å². The molecule has 1 N–H and O–H groups in total. The molecule has 1 aromatic heterocycles. The number of hydrogen-bond acceptors (Lipinski definition) is 3. The SMILES string of the molecule is CC[C@@H](C)N1C(=O)/C(=C\c2cn(Cc3ccccc3)c3ccccc23)C(=O)NC1=S. The van der Waals surface area contributed by atoms with Crippen LogP contribution < -0.4 is 5.32 Å². The van der Waals surface area contributed by atoms with Crippen molar-refractivity contribution in [2.75, 3.05) is 0 Å². The van der Waals surface area contributed by atoms with Crippen LogP contribution in [0.25, 0.3) is 17.0 Å². The van der Waals surface area contributed by atoms with Crippen molar-refractivity contribution in [2.24, 2.45) is 0 Å². The van der Waals surface area contributed by atoms with Gasteiger partial charge in [-0.15, -0.1) is 0 Å². The van der Waals surface area contributed by atoms with E-state index >= 15 is 0 Å². The van der Waals surface area contributed by atoms with Gasteiger partial charge in [-0.05, 0) is 43.3 Å². The van der Waals surface area contributed by atoms with Crippen LogP contribution in [0.1, 0.15) is 31.4 Å². The summed E-state index contributed by atoms with van der Waals surface area (Å²) >= 11 is 5.24. The maximum atomic E-state index is 13.1. The Labute approximate surface area is 181 Å². The molecule has 152 valence electrons. The molecule has 4 rings (SSSR count). The summed E-state index contributed by atoms with van der Waals surface area (Å²) in [5.74, 6) is -0.803. The van der Waals surface area contributed by atoms with Gasteiger partial charge in [0, 0.05) is 35.2 Å². The van der Waals surface area contributed by atoms with Crippen LogP contribution in [0.5, 0.6) is 0 Å². The van der Waals surface area contributed by atoms with Gasteiger partial charge in [0.05, 0.1) is 0 Å². The number of nitrogens with zero attached hydrogens (tertiary/aromatic N) is 2. The predicted molar refractivity (Wildman–Crippen MR) is 123 cm³/mol. The Balaban J connectivity index is 1.77. The summed E-state index contributed by atoms with van der Waals surface area (Å²) in [6.45, 7) is 4.61. The minimum Gasteiger partial charge on any atom is -0.342 e. The molecule has 6 heteroatoms. The normalized spacial score (nSPS) is 16.9. The van der Waals surface area contributed by atoms with E-state index in [4.69, 9.17) is 12.2 Å². The number of amides is 2. The summed E-state index contributed by atoms with van der Waals surface area (Å²) < 4.78 is 2.14. The highest BCUT2D eigenvalue weighted by molar-refractivity contribution is 7.80. The number of carbonyl (C=O) groups is 2. The number of para-hydroxylation sites is 1. The summed E-state index contributed by atoms with van der Waals surface area (Å²) in [7, 11) is 0. The fourth-order valence-electron chi connectivity index (χ4n) is 3.71. The second kappa shape index (κ2) is 8.24. The predicted octanol–water partition coefficient (Wildman–Crippen LogP) is 4.11. The molecule has 0 saturated carbocycles. The number of nitrogens with one attached hydrogen (secondary N) is 1. The monoisotopic (exact) mass is 417 g/mol. The lowest BCUT2D eigenvalue weighted by Crippen LogP contribution is -2.56. The van der Waals surface area contributed by atoms with Gasteiger partial charge in [0.25, 0.3) is 11.8 Å². The molecule has 0 unspecified atom stereocenters. The molecule has 1 fully saturated rings. The number of thiocarbonyl (C=S) groups is 1. The van der Waals surface area contributed by atoms with E-state index in [1.54, 1.807) is 6.08 Å². The highest BCUT2D eigenvalue weighted by Crippen LogP contribution is 2.26. The average molecular weight is 418 g/mol. The molecule has 3 aromatic rings. The summed E-state index contributed by atoms with van der Waals surface area (Å²) in [5, 5.41) is 3.82. The lowest BCUT2D eigenvalue weighted by atomic mass is 10.1. The summed E-state index contributed by atoms with van der Waals surface area (Å²) in [5.41, 5.74) is 3.16. The van der Waals surface area contributed by atoms with Crippen LogP contribution in [0.15, 0.2) is 66.4 Å². The van der Waals surface area contributed by atoms with Crippen molar-refractivity contribution in [1.82, 2.24) is 14.8 Å². The molecule has 0 bridgehead atoms. The van der Waals surface area contributed by atoms with E-state index in [-0.39, 0.29) is 22.6 Å². The minimum atomic E-state index is -0.454. The van der Waals surface area contributed by atoms with Crippen molar-refractivity contribution in [2.45, 2.75) is 32.9 Å². The topological polar surface area (TPSA) is 54.3 Å². The first-order chi connectivity index (χ1) is 14.5. The molecule has 1 atom stereocenters. The Morgan fingerprint density at radius 3 is 2.50 bits per heavy atom. The van der Waals surface area contributed by atoms with Gasteiger partial charge in [-0.25, -0.2) is 0 Å². The van der Waals surface area contributed by atoms with Crippen molar-refractivity contribution in [3.05, 3.63) is 77.5 Å². The molecule has 1 saturated heterocycles. The quantitative estimate of drug-likeness (QED) is 0.386. The Morgan fingerprint density at radius 1 is 1.07 bits per heavy atom. The molecule has 1 aliphatic rings. The summed E-state index contributed by atoms with van der Waals surface area (Å²) in [4.78, 5) is 27.2. The zero-order chi connectivity index (χ0) is 21.3. The van der Waals surface area contributed by atoms with Gasteiger partial charge in [-0.1, -0.05) is 55.5 Å². The Bertz CT molecular complexity index is 1160. The maximum Gasteiger partial charge on any atom is 0.265 e. The first-order valence-electron chi connectivity index (χ1n) is 10.0. The van der Waals surface area contributed by atoms with E-state index < -0.39 is 5.91 Å². The van der Waals surface area contributed by atoms with Gasteiger partial charge < -0.3 is 4.57 Å². The van der Waals surface area contributed by atoms with Gasteiger partial charge in [0.1, 0.15) is 5.57 Å². The number of fused-ring (bicyclic) bond motifs is 1. The van der Waals surface area contributed by atoms with Crippen molar-refractivity contribution < 1.29 is 9.59 Å². The van der Waals surface area contributed by atoms with E-state index in [0.29, 0.717) is 6.54 Å². The number of aromatic nitrogens is 1. The Kier molecular flexibility index (Phi) is 5.50. The Hall–Kier alpha value is -3.25. The smallest absolute Gasteiger partial charge is 0.265 e. The lowest BCUT2D eigenvalue weighted by Gasteiger charge is -2.33. The highest BCUT2D eigenvalue weighted by Gasteiger charge is 2.35. The van der Waals surface area contributed by atoms with Gasteiger partial charge in [-0.3, -0.25) is 19.8 Å². The summed E-state index contributed by atoms with van der Waals surface area (Å²) in [6.07, 6.45) is 4.41. The number of rotatable bonds is 5. The largest absolute Gasteiger partial charge is 0.342 e. The van der Waals surface area contributed by atoms with E-state index in [2.05, 4.69) is 22.0 Å². The van der Waals surface area contributed by atoms with Crippen LogP contribution >= 0.6 is 12.2 Å². The van der Waals surface area contributed by atoms with Gasteiger partial charge in [-0.2, -0.15) is 0 Å². The molecule has 0 radical (unpaired) electrons. The minimum absolute atomic E-state index is 0.0894. The van der Waals surface area contributed by atoms with Crippen molar-refractivity contribution in [3.63, 3.8) is 0 Å². The molecule has 1 aliphatic heterocycles. The van der Waals surface area contributed by atoms with Gasteiger partial charge in [0.2, 0.25) is 0 Å². The van der Waals surface area contributed by atoms with Crippen LogP contribution in [0.2, 0.25) is 0 Å². The summed E-state index contributed by atoms with van der Waals surface area (Å²) in [6, 6.07) is 18.1. The first kappa shape index (κ1) is 20.0. The van der Waals surface area contributed by atoms with Crippen LogP contribution in [-0.2, 0) is 16.1 Å². The zero-order valence-corrected chi connectivity index (χ0v) is 17.8. The lowest BCUT2D eigenvalue weighted by molar-refractivity contribution is -0.130. The zero-order valence-electron chi connectivity index (χ0n) is 17.0. The van der Waals surface area contributed by atoms with Crippen molar-refractivity contribution >= 4 is 46.1 Å². The second-order valence-electron chi connectivity index (χ2n) is 7.46. The number of benzene rings is 2. The molecule has 2 amide bonds. The van der Waals surface area contributed by atoms with Gasteiger partial charge in [0.15, 0.2) is 5.11 Å². The van der Waals surface area contributed by atoms with Crippen LogP contribution in [0, 0.1) is 0 Å². The van der Waals surface area contributed by atoms with Crippen molar-refractivity contribution in [3.8, 4) is 0 Å². The molecule has 0 aliphatic carbocycles. The highest BCUT2D eigenvalue weighted by atomic mass is 32.1.